The predicted molar refractivity (Wildman–Crippen MR) is 85.9 cm³/mol. The highest BCUT2D eigenvalue weighted by Gasteiger charge is 2.10. The zero-order valence-corrected chi connectivity index (χ0v) is 13.9. The second kappa shape index (κ2) is 7.27. The maximum absolute atomic E-state index is 6.10. The summed E-state index contributed by atoms with van der Waals surface area (Å²) in [4.78, 5) is 4.29. The van der Waals surface area contributed by atoms with Gasteiger partial charge in [0.15, 0.2) is 0 Å². The van der Waals surface area contributed by atoms with E-state index in [-0.39, 0.29) is 0 Å². The maximum atomic E-state index is 6.10. The molecule has 0 aliphatic heterocycles. The molecule has 0 aliphatic carbocycles. The average molecular weight is 376 g/mol. The molecule has 0 amide bonds. The number of benzene rings is 1. The molecule has 0 saturated heterocycles. The van der Waals surface area contributed by atoms with Gasteiger partial charge in [0.25, 0.3) is 0 Å². The third kappa shape index (κ3) is 4.09. The van der Waals surface area contributed by atoms with E-state index in [1.165, 1.54) is 0 Å². The van der Waals surface area contributed by atoms with Crippen LogP contribution in [0.3, 0.4) is 0 Å². The van der Waals surface area contributed by atoms with E-state index in [1.54, 1.807) is 24.4 Å². The molecule has 0 fully saturated rings. The molecule has 0 spiro atoms. The minimum Gasteiger partial charge on any atom is -0.437 e. The zero-order chi connectivity index (χ0) is 14.5. The largest absolute Gasteiger partial charge is 0.437 e. The lowest BCUT2D eigenvalue weighted by atomic mass is 10.2. The summed E-state index contributed by atoms with van der Waals surface area (Å²) in [5, 5.41) is 4.30. The Morgan fingerprint density at radius 2 is 2.10 bits per heavy atom. The Labute approximate surface area is 136 Å². The summed E-state index contributed by atoms with van der Waals surface area (Å²) in [6.45, 7) is 3.57. The normalized spacial score (nSPS) is 10.6. The van der Waals surface area contributed by atoms with Crippen LogP contribution in [0.4, 0.5) is 0 Å². The van der Waals surface area contributed by atoms with Crippen molar-refractivity contribution in [1.82, 2.24) is 10.3 Å². The fraction of sp³-hybridized carbons (Fsp3) is 0.214. The van der Waals surface area contributed by atoms with E-state index in [0.29, 0.717) is 28.2 Å². The highest BCUT2D eigenvalue weighted by atomic mass is 79.9. The van der Waals surface area contributed by atoms with Crippen LogP contribution in [0.15, 0.2) is 34.9 Å². The van der Waals surface area contributed by atoms with Crippen LogP contribution in [-0.2, 0) is 6.54 Å². The first kappa shape index (κ1) is 15.6. The van der Waals surface area contributed by atoms with Crippen molar-refractivity contribution in [2.24, 2.45) is 0 Å². The van der Waals surface area contributed by atoms with Crippen molar-refractivity contribution in [3.05, 3.63) is 50.5 Å². The molecular weight excluding hydrogens is 363 g/mol. The van der Waals surface area contributed by atoms with Gasteiger partial charge in [-0.1, -0.05) is 30.1 Å². The Hall–Kier alpha value is -0.810. The molecule has 2 rings (SSSR count). The first-order chi connectivity index (χ1) is 9.60. The zero-order valence-electron chi connectivity index (χ0n) is 10.8. The summed E-state index contributed by atoms with van der Waals surface area (Å²) in [6, 6.07) is 7.04. The fourth-order valence-electron chi connectivity index (χ4n) is 1.61. The minimum absolute atomic E-state index is 0.492. The molecule has 0 radical (unpaired) electrons. The average Bonchev–Trinajstić information content (AvgIpc) is 2.43. The van der Waals surface area contributed by atoms with E-state index in [9.17, 15) is 0 Å². The Bertz CT molecular complexity index is 608. The monoisotopic (exact) mass is 374 g/mol. The predicted octanol–water partition coefficient (Wildman–Crippen LogP) is 5.05. The molecule has 0 unspecified atom stereocenters. The molecular formula is C14H13BrCl2N2O. The molecule has 0 bridgehead atoms. The summed E-state index contributed by atoms with van der Waals surface area (Å²) in [7, 11) is 0. The molecule has 1 aromatic heterocycles. The van der Waals surface area contributed by atoms with Gasteiger partial charge in [-0.15, -0.1) is 0 Å². The van der Waals surface area contributed by atoms with Crippen molar-refractivity contribution in [3.8, 4) is 11.6 Å². The molecule has 6 heteroatoms. The lowest BCUT2D eigenvalue weighted by molar-refractivity contribution is 0.453. The lowest BCUT2D eigenvalue weighted by Crippen LogP contribution is -2.13. The molecule has 2 aromatic rings. The summed E-state index contributed by atoms with van der Waals surface area (Å²) in [5.41, 5.74) is 0.942. The maximum Gasteiger partial charge on any atom is 0.223 e. The summed E-state index contributed by atoms with van der Waals surface area (Å²) in [5.74, 6) is 1.00. The molecule has 0 atom stereocenters. The number of nitrogens with zero attached hydrogens (tertiary/aromatic N) is 1. The van der Waals surface area contributed by atoms with Crippen LogP contribution >= 0.6 is 39.1 Å². The van der Waals surface area contributed by atoms with Crippen molar-refractivity contribution in [1.29, 1.82) is 0 Å². The van der Waals surface area contributed by atoms with Crippen molar-refractivity contribution in [3.63, 3.8) is 0 Å². The molecule has 1 heterocycles. The van der Waals surface area contributed by atoms with Crippen LogP contribution in [0.1, 0.15) is 12.5 Å². The topological polar surface area (TPSA) is 34.2 Å². The van der Waals surface area contributed by atoms with Gasteiger partial charge in [-0.05, 0) is 40.7 Å². The third-order valence-corrected chi connectivity index (χ3v) is 3.54. The van der Waals surface area contributed by atoms with Crippen molar-refractivity contribution in [2.45, 2.75) is 13.5 Å². The van der Waals surface area contributed by atoms with Gasteiger partial charge in [-0.25, -0.2) is 4.98 Å². The second-order valence-corrected chi connectivity index (χ2v) is 5.83. The summed E-state index contributed by atoms with van der Waals surface area (Å²) < 4.78 is 6.68. The van der Waals surface area contributed by atoms with Crippen molar-refractivity contribution < 1.29 is 4.74 Å². The molecule has 0 aliphatic rings. The van der Waals surface area contributed by atoms with Gasteiger partial charge in [0.05, 0.1) is 5.02 Å². The number of pyridine rings is 1. The molecule has 3 nitrogen and oxygen atoms in total. The number of hydrogen-bond acceptors (Lipinski definition) is 3. The van der Waals surface area contributed by atoms with E-state index in [2.05, 4.69) is 26.2 Å². The van der Waals surface area contributed by atoms with Crippen LogP contribution in [-0.4, -0.2) is 11.5 Å². The Balaban J connectivity index is 2.30. The molecule has 106 valence electrons. The standard InChI is InChI=1S/C14H13BrCl2N2O/c1-2-18-7-9-5-10(15)8-19-14(9)20-13-6-11(16)3-4-12(13)17/h3-6,8,18H,2,7H2,1H3. The van der Waals surface area contributed by atoms with Crippen LogP contribution in [0.5, 0.6) is 11.6 Å². The number of aromatic nitrogens is 1. The van der Waals surface area contributed by atoms with E-state index < -0.39 is 0 Å². The van der Waals surface area contributed by atoms with Crippen molar-refractivity contribution >= 4 is 39.1 Å². The summed E-state index contributed by atoms with van der Waals surface area (Å²) >= 11 is 15.5. The van der Waals surface area contributed by atoms with Crippen LogP contribution in [0.25, 0.3) is 0 Å². The first-order valence-corrected chi connectivity index (χ1v) is 7.63. The number of nitrogens with one attached hydrogen (secondary N) is 1. The van der Waals surface area contributed by atoms with Gasteiger partial charge in [-0.3, -0.25) is 0 Å². The number of ether oxygens (including phenoxy) is 1. The second-order valence-electron chi connectivity index (χ2n) is 4.07. The van der Waals surface area contributed by atoms with Gasteiger partial charge >= 0.3 is 0 Å². The fourth-order valence-corrected chi connectivity index (χ4v) is 2.30. The first-order valence-electron chi connectivity index (χ1n) is 6.08. The molecule has 1 aromatic carbocycles. The number of hydrogen-bond donors (Lipinski definition) is 1. The highest BCUT2D eigenvalue weighted by molar-refractivity contribution is 9.10. The van der Waals surface area contributed by atoms with E-state index in [0.717, 1.165) is 16.6 Å². The smallest absolute Gasteiger partial charge is 0.223 e. The van der Waals surface area contributed by atoms with Gasteiger partial charge < -0.3 is 10.1 Å². The third-order valence-electron chi connectivity index (χ3n) is 2.56. The molecule has 20 heavy (non-hydrogen) atoms. The van der Waals surface area contributed by atoms with Crippen LogP contribution in [0, 0.1) is 0 Å². The molecule has 1 N–H and O–H groups in total. The van der Waals surface area contributed by atoms with E-state index in [4.69, 9.17) is 27.9 Å². The van der Waals surface area contributed by atoms with Crippen LogP contribution in [0.2, 0.25) is 10.0 Å². The number of halogens is 3. The van der Waals surface area contributed by atoms with Gasteiger partial charge in [0.1, 0.15) is 5.75 Å². The SMILES string of the molecule is CCNCc1cc(Br)cnc1Oc1cc(Cl)ccc1Cl. The van der Waals surface area contributed by atoms with Gasteiger partial charge in [0.2, 0.25) is 5.88 Å². The Morgan fingerprint density at radius 1 is 1.30 bits per heavy atom. The Kier molecular flexibility index (Phi) is 5.66. The quantitative estimate of drug-likeness (QED) is 0.793. The van der Waals surface area contributed by atoms with E-state index >= 15 is 0 Å². The van der Waals surface area contributed by atoms with Gasteiger partial charge in [0, 0.05) is 33.9 Å². The summed E-state index contributed by atoms with van der Waals surface area (Å²) in [6.07, 6.45) is 1.68. The van der Waals surface area contributed by atoms with E-state index in [1.807, 2.05) is 13.0 Å². The lowest BCUT2D eigenvalue weighted by Gasteiger charge is -2.12. The van der Waals surface area contributed by atoms with Gasteiger partial charge in [-0.2, -0.15) is 0 Å². The number of rotatable bonds is 5. The van der Waals surface area contributed by atoms with Crippen molar-refractivity contribution in [2.75, 3.05) is 6.54 Å². The van der Waals surface area contributed by atoms with Crippen LogP contribution < -0.4 is 10.1 Å². The molecule has 0 saturated carbocycles. The highest BCUT2D eigenvalue weighted by Crippen LogP contribution is 2.33. The Morgan fingerprint density at radius 3 is 2.85 bits per heavy atom. The minimum atomic E-state index is 0.492.